The van der Waals surface area contributed by atoms with Crippen molar-refractivity contribution in [2.45, 2.75) is 44.4 Å². The van der Waals surface area contributed by atoms with E-state index in [1.54, 1.807) is 18.4 Å². The van der Waals surface area contributed by atoms with Crippen molar-refractivity contribution in [3.63, 3.8) is 0 Å². The van der Waals surface area contributed by atoms with Crippen LogP contribution in [-0.2, 0) is 9.53 Å². The molecule has 0 radical (unpaired) electrons. The van der Waals surface area contributed by atoms with Gasteiger partial charge in [-0.05, 0) is 38.8 Å². The van der Waals surface area contributed by atoms with Gasteiger partial charge >= 0.3 is 0 Å². The Morgan fingerprint density at radius 2 is 2.32 bits per heavy atom. The summed E-state index contributed by atoms with van der Waals surface area (Å²) < 4.78 is 5.22. The van der Waals surface area contributed by atoms with Gasteiger partial charge in [-0.1, -0.05) is 0 Å². The lowest BCUT2D eigenvalue weighted by Crippen LogP contribution is -2.41. The van der Waals surface area contributed by atoms with Crippen molar-refractivity contribution in [2.75, 3.05) is 13.7 Å². The summed E-state index contributed by atoms with van der Waals surface area (Å²) in [4.78, 5) is 17.1. The van der Waals surface area contributed by atoms with Crippen molar-refractivity contribution in [3.8, 4) is 0 Å². The van der Waals surface area contributed by atoms with Crippen LogP contribution < -0.4 is 5.32 Å². The molecule has 3 rings (SSSR count). The van der Waals surface area contributed by atoms with Gasteiger partial charge in [0.2, 0.25) is 5.91 Å². The van der Waals surface area contributed by atoms with Crippen molar-refractivity contribution in [1.29, 1.82) is 0 Å². The number of nitrogens with one attached hydrogen (secondary N) is 1. The minimum Gasteiger partial charge on any atom is -0.383 e. The SMILES string of the molecule is COCC(C)N1C(=O)C2(CC2)NC1c1ccc(C)s1. The molecule has 2 heterocycles. The molecule has 1 amide bonds. The van der Waals surface area contributed by atoms with Crippen molar-refractivity contribution < 1.29 is 9.53 Å². The van der Waals surface area contributed by atoms with E-state index in [9.17, 15) is 4.79 Å². The fourth-order valence-corrected chi connectivity index (χ4v) is 3.75. The molecule has 1 aliphatic carbocycles. The molecule has 0 bridgehead atoms. The number of carbonyl (C=O) groups is 1. The van der Waals surface area contributed by atoms with E-state index in [0.717, 1.165) is 12.8 Å². The molecule has 2 aliphatic rings. The number of aryl methyl sites for hydroxylation is 1. The summed E-state index contributed by atoms with van der Waals surface area (Å²) >= 11 is 1.76. The molecule has 4 nitrogen and oxygen atoms in total. The minimum atomic E-state index is -0.273. The van der Waals surface area contributed by atoms with Crippen LogP contribution in [-0.4, -0.2) is 36.1 Å². The van der Waals surface area contributed by atoms with Gasteiger partial charge in [-0.3, -0.25) is 10.1 Å². The van der Waals surface area contributed by atoms with Gasteiger partial charge in [0.1, 0.15) is 11.7 Å². The lowest BCUT2D eigenvalue weighted by Gasteiger charge is -2.29. The van der Waals surface area contributed by atoms with E-state index in [1.807, 2.05) is 4.90 Å². The van der Waals surface area contributed by atoms with Gasteiger partial charge in [0.15, 0.2) is 0 Å². The average molecular weight is 280 g/mol. The summed E-state index contributed by atoms with van der Waals surface area (Å²) in [6, 6.07) is 4.33. The zero-order chi connectivity index (χ0) is 13.6. The van der Waals surface area contributed by atoms with Crippen LogP contribution in [0.1, 0.15) is 35.7 Å². The lowest BCUT2D eigenvalue weighted by atomic mass is 10.2. The molecule has 2 fully saturated rings. The molecule has 2 atom stereocenters. The summed E-state index contributed by atoms with van der Waals surface area (Å²) in [7, 11) is 1.68. The van der Waals surface area contributed by atoms with Gasteiger partial charge in [-0.15, -0.1) is 11.3 Å². The lowest BCUT2D eigenvalue weighted by molar-refractivity contribution is -0.133. The quantitative estimate of drug-likeness (QED) is 0.918. The standard InChI is InChI=1S/C14H20N2O2S/c1-9(8-18-3)16-12(11-5-4-10(2)19-11)15-14(6-7-14)13(16)17/h4-5,9,12,15H,6-8H2,1-3H3. The van der Waals surface area contributed by atoms with Crippen molar-refractivity contribution >= 4 is 17.2 Å². The van der Waals surface area contributed by atoms with E-state index in [-0.39, 0.29) is 23.7 Å². The van der Waals surface area contributed by atoms with E-state index < -0.39 is 0 Å². The van der Waals surface area contributed by atoms with Crippen LogP contribution in [0.2, 0.25) is 0 Å². The number of hydrogen-bond donors (Lipinski definition) is 1. The smallest absolute Gasteiger partial charge is 0.244 e. The Morgan fingerprint density at radius 1 is 1.58 bits per heavy atom. The minimum absolute atomic E-state index is 0.0128. The normalized spacial score (nSPS) is 26.2. The van der Waals surface area contributed by atoms with Crippen molar-refractivity contribution in [3.05, 3.63) is 21.9 Å². The summed E-state index contributed by atoms with van der Waals surface area (Å²) in [5, 5.41) is 3.54. The number of hydrogen-bond acceptors (Lipinski definition) is 4. The molecule has 1 spiro atoms. The first-order chi connectivity index (χ1) is 9.07. The molecule has 5 heteroatoms. The molecule has 1 saturated heterocycles. The Labute approximate surface area is 117 Å². The highest BCUT2D eigenvalue weighted by atomic mass is 32.1. The topological polar surface area (TPSA) is 41.6 Å². The third-order valence-corrected chi connectivity index (χ3v) is 5.05. The van der Waals surface area contributed by atoms with Crippen LogP contribution in [0.25, 0.3) is 0 Å². The second-order valence-corrected chi connectivity index (χ2v) is 6.91. The summed E-state index contributed by atoms with van der Waals surface area (Å²) in [6.07, 6.45) is 1.94. The first-order valence-corrected chi connectivity index (χ1v) is 7.55. The van der Waals surface area contributed by atoms with E-state index in [1.165, 1.54) is 9.75 Å². The Bertz CT molecular complexity index is 495. The van der Waals surface area contributed by atoms with Crippen LogP contribution in [0, 0.1) is 6.92 Å². The highest BCUT2D eigenvalue weighted by molar-refractivity contribution is 7.12. The Morgan fingerprint density at radius 3 is 2.84 bits per heavy atom. The van der Waals surface area contributed by atoms with Crippen LogP contribution in [0.3, 0.4) is 0 Å². The summed E-state index contributed by atoms with van der Waals surface area (Å²) in [5.41, 5.74) is -0.273. The van der Waals surface area contributed by atoms with Gasteiger partial charge in [-0.25, -0.2) is 0 Å². The van der Waals surface area contributed by atoms with Crippen LogP contribution >= 0.6 is 11.3 Å². The number of nitrogens with zero attached hydrogens (tertiary/aromatic N) is 1. The third-order valence-electron chi connectivity index (χ3n) is 4.00. The monoisotopic (exact) mass is 280 g/mol. The summed E-state index contributed by atoms with van der Waals surface area (Å²) in [6.45, 7) is 4.73. The van der Waals surface area contributed by atoms with Gasteiger partial charge in [0.05, 0.1) is 12.6 Å². The molecule has 1 aromatic heterocycles. The van der Waals surface area contributed by atoms with E-state index in [2.05, 4.69) is 31.3 Å². The predicted molar refractivity (Wildman–Crippen MR) is 75.1 cm³/mol. The zero-order valence-corrected chi connectivity index (χ0v) is 12.4. The van der Waals surface area contributed by atoms with E-state index in [4.69, 9.17) is 4.74 Å². The Hall–Kier alpha value is -0.910. The molecular weight excluding hydrogens is 260 g/mol. The van der Waals surface area contributed by atoms with Crippen LogP contribution in [0.15, 0.2) is 12.1 Å². The molecular formula is C14H20N2O2S. The highest BCUT2D eigenvalue weighted by Gasteiger charge is 2.60. The second kappa shape index (κ2) is 4.58. The maximum atomic E-state index is 12.6. The maximum Gasteiger partial charge on any atom is 0.244 e. The average Bonchev–Trinajstić information content (AvgIpc) is 2.93. The fourth-order valence-electron chi connectivity index (χ4n) is 2.83. The van der Waals surface area contributed by atoms with E-state index in [0.29, 0.717) is 6.61 Å². The largest absolute Gasteiger partial charge is 0.383 e. The molecule has 1 aromatic rings. The molecule has 104 valence electrons. The number of thiophene rings is 1. The van der Waals surface area contributed by atoms with Gasteiger partial charge in [0, 0.05) is 16.9 Å². The number of ether oxygens (including phenoxy) is 1. The van der Waals surface area contributed by atoms with Crippen LogP contribution in [0.4, 0.5) is 0 Å². The molecule has 1 saturated carbocycles. The van der Waals surface area contributed by atoms with Crippen molar-refractivity contribution in [2.24, 2.45) is 0 Å². The summed E-state index contributed by atoms with van der Waals surface area (Å²) in [5.74, 6) is 0.244. The fraction of sp³-hybridized carbons (Fsp3) is 0.643. The van der Waals surface area contributed by atoms with Crippen LogP contribution in [0.5, 0.6) is 0 Å². The number of methoxy groups -OCH3 is 1. The molecule has 1 N–H and O–H groups in total. The Balaban J connectivity index is 1.90. The third kappa shape index (κ3) is 2.10. The second-order valence-electron chi connectivity index (χ2n) is 5.59. The van der Waals surface area contributed by atoms with Crippen molar-refractivity contribution in [1.82, 2.24) is 10.2 Å². The number of carbonyl (C=O) groups excluding carboxylic acids is 1. The van der Waals surface area contributed by atoms with Gasteiger partial charge in [0.25, 0.3) is 0 Å². The molecule has 2 unspecified atom stereocenters. The first-order valence-electron chi connectivity index (χ1n) is 6.73. The molecule has 1 aliphatic heterocycles. The number of rotatable bonds is 4. The predicted octanol–water partition coefficient (Wildman–Crippen LogP) is 2.05. The van der Waals surface area contributed by atoms with Gasteiger partial charge in [-0.2, -0.15) is 0 Å². The Kier molecular flexibility index (Phi) is 3.15. The zero-order valence-electron chi connectivity index (χ0n) is 11.6. The number of amides is 1. The van der Waals surface area contributed by atoms with E-state index >= 15 is 0 Å². The maximum absolute atomic E-state index is 12.6. The van der Waals surface area contributed by atoms with Gasteiger partial charge < -0.3 is 9.64 Å². The molecule has 0 aromatic carbocycles. The highest BCUT2D eigenvalue weighted by Crippen LogP contribution is 2.47. The first kappa shape index (κ1) is 13.1. The molecule has 19 heavy (non-hydrogen) atoms.